The Morgan fingerprint density at radius 2 is 1.71 bits per heavy atom. The molecule has 0 aliphatic rings. The summed E-state index contributed by atoms with van der Waals surface area (Å²) >= 11 is 3.40. The number of ether oxygens (including phenoxy) is 1. The summed E-state index contributed by atoms with van der Waals surface area (Å²) in [7, 11) is 0. The van der Waals surface area contributed by atoms with E-state index in [-0.39, 0.29) is 12.1 Å². The Morgan fingerprint density at radius 3 is 2.47 bits per heavy atom. The molecule has 4 N–H and O–H groups in total. The number of hydrogen-bond donors (Lipinski definition) is 4. The zero-order chi connectivity index (χ0) is 24.5. The number of aromatic nitrogens is 2. The zero-order valence-corrected chi connectivity index (χ0v) is 20.6. The molecule has 8 nitrogen and oxygen atoms in total. The number of alkyl carbamates (subject to hydrolysis) is 1. The van der Waals surface area contributed by atoms with Crippen LogP contribution in [0.25, 0.3) is 21.8 Å². The summed E-state index contributed by atoms with van der Waals surface area (Å²) in [5.41, 5.74) is 1.98. The van der Waals surface area contributed by atoms with Crippen LogP contribution in [0.3, 0.4) is 0 Å². The lowest BCUT2D eigenvalue weighted by atomic mass is 10.0. The second-order valence-electron chi connectivity index (χ2n) is 8.92. The Balaban J connectivity index is 1.59. The Bertz CT molecular complexity index is 1380. The Hall–Kier alpha value is -3.59. The first kappa shape index (κ1) is 23.6. The normalized spacial score (nSPS) is 12.5. The largest absolute Gasteiger partial charge is 0.444 e. The van der Waals surface area contributed by atoms with E-state index >= 15 is 0 Å². The molecule has 4 rings (SSSR count). The van der Waals surface area contributed by atoms with Crippen LogP contribution in [0.15, 0.2) is 59.3 Å². The number of para-hydroxylation sites is 1. The molecule has 176 valence electrons. The number of H-pyrrole nitrogens is 2. The molecule has 0 saturated heterocycles. The van der Waals surface area contributed by atoms with Gasteiger partial charge in [-0.1, -0.05) is 34.1 Å². The second kappa shape index (κ2) is 9.34. The predicted octanol–water partition coefficient (Wildman–Crippen LogP) is 4.98. The maximum Gasteiger partial charge on any atom is 0.407 e. The van der Waals surface area contributed by atoms with Gasteiger partial charge in [-0.15, -0.1) is 0 Å². The molecule has 2 amide bonds. The van der Waals surface area contributed by atoms with Crippen LogP contribution >= 0.6 is 15.9 Å². The van der Waals surface area contributed by atoms with Crippen molar-refractivity contribution >= 4 is 55.5 Å². The fourth-order valence-electron chi connectivity index (χ4n) is 3.75. The molecule has 34 heavy (non-hydrogen) atoms. The zero-order valence-electron chi connectivity index (χ0n) is 19.0. The van der Waals surface area contributed by atoms with Gasteiger partial charge in [0.15, 0.2) is 0 Å². The first-order chi connectivity index (χ1) is 16.1. The molecule has 2 aromatic heterocycles. The number of hydrogen-bond acceptors (Lipinski definition) is 4. The molecule has 9 heteroatoms. The number of halogens is 1. The standard InChI is InChI=1S/C25H25BrN4O4/c1-25(2,3)34-24(33)29-13-21(17-11-27-19-7-5-4-6-15(17)19)30-23(32)22(31)18-12-28-20-9-8-14(26)10-16(18)20/h4-12,21,27-28H,13H2,1-3H3,(H,29,33)(H,30,32). The van der Waals surface area contributed by atoms with Gasteiger partial charge >= 0.3 is 6.09 Å². The van der Waals surface area contributed by atoms with E-state index in [4.69, 9.17) is 4.74 Å². The molecule has 1 atom stereocenters. The van der Waals surface area contributed by atoms with Crippen LogP contribution in [0.2, 0.25) is 0 Å². The summed E-state index contributed by atoms with van der Waals surface area (Å²) in [6, 6.07) is 12.4. The maximum atomic E-state index is 13.1. The Kier molecular flexibility index (Phi) is 6.47. The van der Waals surface area contributed by atoms with Crippen LogP contribution in [-0.4, -0.2) is 39.9 Å². The van der Waals surface area contributed by atoms with Crippen molar-refractivity contribution in [3.05, 3.63) is 70.5 Å². The minimum Gasteiger partial charge on any atom is -0.444 e. The van der Waals surface area contributed by atoms with Crippen LogP contribution < -0.4 is 10.6 Å². The summed E-state index contributed by atoms with van der Waals surface area (Å²) in [6.45, 7) is 5.34. The van der Waals surface area contributed by atoms with E-state index < -0.39 is 29.4 Å². The minimum atomic E-state index is -0.776. The molecule has 0 spiro atoms. The number of fused-ring (bicyclic) bond motifs is 2. The SMILES string of the molecule is CC(C)(C)OC(=O)NCC(NC(=O)C(=O)c1c[nH]c2ccc(Br)cc12)c1c[nH]c2ccccc12. The molecule has 0 aliphatic heterocycles. The van der Waals surface area contributed by atoms with Crippen molar-refractivity contribution in [1.82, 2.24) is 20.6 Å². The smallest absolute Gasteiger partial charge is 0.407 e. The summed E-state index contributed by atoms with van der Waals surface area (Å²) in [6.07, 6.45) is 2.68. The molecule has 2 heterocycles. The highest BCUT2D eigenvalue weighted by atomic mass is 79.9. The van der Waals surface area contributed by atoms with Gasteiger partial charge in [0.1, 0.15) is 5.60 Å². The highest BCUT2D eigenvalue weighted by Gasteiger charge is 2.26. The van der Waals surface area contributed by atoms with Gasteiger partial charge in [-0.2, -0.15) is 0 Å². The third kappa shape index (κ3) is 5.14. The number of benzene rings is 2. The quantitative estimate of drug-likeness (QED) is 0.210. The van der Waals surface area contributed by atoms with Crippen molar-refractivity contribution in [2.45, 2.75) is 32.4 Å². The molecule has 0 radical (unpaired) electrons. The lowest BCUT2D eigenvalue weighted by molar-refractivity contribution is -0.117. The molecular weight excluding hydrogens is 500 g/mol. The fraction of sp³-hybridized carbons (Fsp3) is 0.240. The Labute approximate surface area is 204 Å². The third-order valence-corrected chi connectivity index (χ3v) is 5.74. The number of ketones is 1. The van der Waals surface area contributed by atoms with E-state index in [1.807, 2.05) is 36.4 Å². The minimum absolute atomic E-state index is 0.0369. The second-order valence-corrected chi connectivity index (χ2v) is 9.84. The van der Waals surface area contributed by atoms with Gasteiger partial charge in [-0.25, -0.2) is 4.79 Å². The average molecular weight is 525 g/mol. The highest BCUT2D eigenvalue weighted by molar-refractivity contribution is 9.10. The number of carbonyl (C=O) groups is 3. The van der Waals surface area contributed by atoms with E-state index in [9.17, 15) is 14.4 Å². The molecule has 0 fully saturated rings. The van der Waals surface area contributed by atoms with Gasteiger partial charge < -0.3 is 25.3 Å². The van der Waals surface area contributed by atoms with Crippen LogP contribution in [0, 0.1) is 0 Å². The van der Waals surface area contributed by atoms with E-state index in [1.54, 1.807) is 33.0 Å². The Morgan fingerprint density at radius 1 is 1.00 bits per heavy atom. The van der Waals surface area contributed by atoms with Gasteiger partial charge in [-0.05, 0) is 45.0 Å². The number of Topliss-reactive ketones (excluding diaryl/α,β-unsaturated/α-hetero) is 1. The summed E-state index contributed by atoms with van der Waals surface area (Å²) in [5, 5.41) is 7.01. The molecular formula is C25H25BrN4O4. The van der Waals surface area contributed by atoms with E-state index in [1.165, 1.54) is 6.20 Å². The van der Waals surface area contributed by atoms with Crippen molar-refractivity contribution in [3.8, 4) is 0 Å². The summed E-state index contributed by atoms with van der Waals surface area (Å²) < 4.78 is 6.12. The van der Waals surface area contributed by atoms with E-state index in [0.717, 1.165) is 26.5 Å². The van der Waals surface area contributed by atoms with Gasteiger partial charge in [-0.3, -0.25) is 9.59 Å². The number of rotatable bonds is 6. The molecule has 4 aromatic rings. The molecule has 2 aromatic carbocycles. The first-order valence-corrected chi connectivity index (χ1v) is 11.6. The van der Waals surface area contributed by atoms with Crippen molar-refractivity contribution in [1.29, 1.82) is 0 Å². The molecule has 1 unspecified atom stereocenters. The van der Waals surface area contributed by atoms with Crippen molar-refractivity contribution < 1.29 is 19.1 Å². The molecule has 0 bridgehead atoms. The van der Waals surface area contributed by atoms with Crippen LogP contribution in [0.5, 0.6) is 0 Å². The highest BCUT2D eigenvalue weighted by Crippen LogP contribution is 2.26. The monoisotopic (exact) mass is 524 g/mol. The number of carbonyl (C=O) groups excluding carboxylic acids is 3. The van der Waals surface area contributed by atoms with Crippen LogP contribution in [0.1, 0.15) is 42.7 Å². The maximum absolute atomic E-state index is 13.1. The third-order valence-electron chi connectivity index (χ3n) is 5.25. The van der Waals surface area contributed by atoms with Crippen LogP contribution in [0.4, 0.5) is 4.79 Å². The number of nitrogens with one attached hydrogen (secondary N) is 4. The summed E-state index contributed by atoms with van der Waals surface area (Å²) in [4.78, 5) is 44.5. The van der Waals surface area contributed by atoms with Crippen LogP contribution in [-0.2, 0) is 9.53 Å². The van der Waals surface area contributed by atoms with Gasteiger partial charge in [0.05, 0.1) is 11.6 Å². The summed E-state index contributed by atoms with van der Waals surface area (Å²) in [5.74, 6) is -1.45. The number of amides is 2. The van der Waals surface area contributed by atoms with Gasteiger partial charge in [0.2, 0.25) is 0 Å². The lowest BCUT2D eigenvalue weighted by Crippen LogP contribution is -2.42. The first-order valence-electron chi connectivity index (χ1n) is 10.8. The number of aromatic amines is 2. The fourth-order valence-corrected chi connectivity index (χ4v) is 4.11. The van der Waals surface area contributed by atoms with Crippen molar-refractivity contribution in [2.24, 2.45) is 0 Å². The topological polar surface area (TPSA) is 116 Å². The average Bonchev–Trinajstić information content (AvgIpc) is 3.38. The van der Waals surface area contributed by atoms with E-state index in [0.29, 0.717) is 5.39 Å². The lowest BCUT2D eigenvalue weighted by Gasteiger charge is -2.22. The van der Waals surface area contributed by atoms with Gasteiger partial charge in [0, 0.05) is 50.8 Å². The molecule has 0 aliphatic carbocycles. The van der Waals surface area contributed by atoms with E-state index in [2.05, 4.69) is 36.5 Å². The molecule has 0 saturated carbocycles. The predicted molar refractivity (Wildman–Crippen MR) is 134 cm³/mol. The van der Waals surface area contributed by atoms with Gasteiger partial charge in [0.25, 0.3) is 11.7 Å². The van der Waals surface area contributed by atoms with Crippen molar-refractivity contribution in [2.75, 3.05) is 6.54 Å². The van der Waals surface area contributed by atoms with Crippen molar-refractivity contribution in [3.63, 3.8) is 0 Å².